The molecule has 1 aliphatic rings. The van der Waals surface area contributed by atoms with Gasteiger partial charge in [0.25, 0.3) is 5.91 Å². The predicted octanol–water partition coefficient (Wildman–Crippen LogP) is 5.52. The van der Waals surface area contributed by atoms with Gasteiger partial charge in [-0.1, -0.05) is 22.9 Å². The first kappa shape index (κ1) is 18.7. The molecule has 0 spiro atoms. The number of fused-ring (bicyclic) bond motifs is 1. The number of carbonyl (C=O) groups is 1. The maximum atomic E-state index is 12.5. The Kier molecular flexibility index (Phi) is 5.63. The largest absolute Gasteiger partial charge is 0.490 e. The molecular weight excluding hydrogens is 452 g/mol. The van der Waals surface area contributed by atoms with Crippen LogP contribution in [0, 0.1) is 0 Å². The van der Waals surface area contributed by atoms with Gasteiger partial charge in [0.1, 0.15) is 12.4 Å². The van der Waals surface area contributed by atoms with Crippen LogP contribution in [0.5, 0.6) is 5.75 Å². The summed E-state index contributed by atoms with van der Waals surface area (Å²) in [5.74, 6) is 0.461. The van der Waals surface area contributed by atoms with Gasteiger partial charge in [-0.25, -0.2) is 4.98 Å². The molecule has 3 aromatic rings. The van der Waals surface area contributed by atoms with Crippen molar-refractivity contribution in [3.63, 3.8) is 0 Å². The first-order valence-electron chi connectivity index (χ1n) is 8.50. The summed E-state index contributed by atoms with van der Waals surface area (Å²) in [5, 5.41) is 4.01. The van der Waals surface area contributed by atoms with Crippen LogP contribution < -0.4 is 10.1 Å². The SMILES string of the molecule is O=C(Nc1nc2ccc(Cl)cc2s1)c1ccc(OCC2CCCO2)c(Br)c1. The van der Waals surface area contributed by atoms with Gasteiger partial charge in [0.2, 0.25) is 0 Å². The Balaban J connectivity index is 1.43. The van der Waals surface area contributed by atoms with Crippen molar-refractivity contribution in [2.24, 2.45) is 0 Å². The van der Waals surface area contributed by atoms with Crippen molar-refractivity contribution in [2.45, 2.75) is 18.9 Å². The lowest BCUT2D eigenvalue weighted by molar-refractivity contribution is 0.0677. The number of carbonyl (C=O) groups excluding carboxylic acids is 1. The molecular formula is C19H16BrClN2O3S. The minimum Gasteiger partial charge on any atom is -0.490 e. The average molecular weight is 468 g/mol. The first-order chi connectivity index (χ1) is 13.1. The minimum atomic E-state index is -0.230. The third-order valence-electron chi connectivity index (χ3n) is 4.21. The summed E-state index contributed by atoms with van der Waals surface area (Å²) in [6.45, 7) is 1.31. The van der Waals surface area contributed by atoms with Gasteiger partial charge in [-0.2, -0.15) is 0 Å². The summed E-state index contributed by atoms with van der Waals surface area (Å²) in [4.78, 5) is 16.9. The van der Waals surface area contributed by atoms with Gasteiger partial charge in [0.05, 0.1) is 20.8 Å². The number of aromatic nitrogens is 1. The summed E-state index contributed by atoms with van der Waals surface area (Å²) in [5.41, 5.74) is 1.32. The molecule has 1 aromatic heterocycles. The monoisotopic (exact) mass is 466 g/mol. The highest BCUT2D eigenvalue weighted by atomic mass is 79.9. The van der Waals surface area contributed by atoms with E-state index in [1.807, 2.05) is 12.1 Å². The van der Waals surface area contributed by atoms with E-state index in [1.165, 1.54) is 11.3 Å². The van der Waals surface area contributed by atoms with E-state index in [-0.39, 0.29) is 12.0 Å². The molecule has 4 rings (SSSR count). The quantitative estimate of drug-likeness (QED) is 0.536. The number of hydrogen-bond donors (Lipinski definition) is 1. The van der Waals surface area contributed by atoms with E-state index in [2.05, 4.69) is 26.2 Å². The number of benzene rings is 2. The molecule has 1 N–H and O–H groups in total. The molecule has 1 unspecified atom stereocenters. The second kappa shape index (κ2) is 8.14. The molecule has 1 atom stereocenters. The van der Waals surface area contributed by atoms with Crippen LogP contribution in [0.15, 0.2) is 40.9 Å². The second-order valence-electron chi connectivity index (χ2n) is 6.18. The van der Waals surface area contributed by atoms with Crippen molar-refractivity contribution in [3.05, 3.63) is 51.5 Å². The molecule has 0 bridgehead atoms. The van der Waals surface area contributed by atoms with E-state index in [4.69, 9.17) is 21.1 Å². The van der Waals surface area contributed by atoms with Gasteiger partial charge in [-0.05, 0) is 65.2 Å². The summed E-state index contributed by atoms with van der Waals surface area (Å²) >= 11 is 10.9. The number of nitrogens with zero attached hydrogens (tertiary/aromatic N) is 1. The topological polar surface area (TPSA) is 60.5 Å². The zero-order valence-electron chi connectivity index (χ0n) is 14.2. The molecule has 140 valence electrons. The maximum Gasteiger partial charge on any atom is 0.257 e. The predicted molar refractivity (Wildman–Crippen MR) is 111 cm³/mol. The molecule has 1 amide bonds. The fourth-order valence-corrected chi connectivity index (χ4v) is 4.47. The van der Waals surface area contributed by atoms with Crippen molar-refractivity contribution < 1.29 is 14.3 Å². The Hall–Kier alpha value is -1.67. The Labute approximate surface area is 173 Å². The molecule has 27 heavy (non-hydrogen) atoms. The molecule has 1 fully saturated rings. The minimum absolute atomic E-state index is 0.146. The molecule has 0 aliphatic carbocycles. The van der Waals surface area contributed by atoms with E-state index >= 15 is 0 Å². The maximum absolute atomic E-state index is 12.5. The highest BCUT2D eigenvalue weighted by molar-refractivity contribution is 9.10. The van der Waals surface area contributed by atoms with Crippen molar-refractivity contribution in [1.82, 2.24) is 4.98 Å². The summed E-state index contributed by atoms with van der Waals surface area (Å²) in [6, 6.07) is 10.7. The van der Waals surface area contributed by atoms with Crippen molar-refractivity contribution in [3.8, 4) is 5.75 Å². The Bertz CT molecular complexity index is 988. The van der Waals surface area contributed by atoms with Gasteiger partial charge in [-0.15, -0.1) is 0 Å². The first-order valence-corrected chi connectivity index (χ1v) is 10.5. The normalized spacial score (nSPS) is 16.6. The van der Waals surface area contributed by atoms with Gasteiger partial charge >= 0.3 is 0 Å². The fraction of sp³-hybridized carbons (Fsp3) is 0.263. The van der Waals surface area contributed by atoms with Gasteiger partial charge in [0.15, 0.2) is 5.13 Å². The van der Waals surface area contributed by atoms with Crippen LogP contribution in [0.4, 0.5) is 5.13 Å². The highest BCUT2D eigenvalue weighted by Gasteiger charge is 2.17. The summed E-state index contributed by atoms with van der Waals surface area (Å²) < 4.78 is 13.0. The fourth-order valence-electron chi connectivity index (χ4n) is 2.84. The van der Waals surface area contributed by atoms with Crippen LogP contribution in [0.2, 0.25) is 5.02 Å². The van der Waals surface area contributed by atoms with Gasteiger partial charge < -0.3 is 9.47 Å². The Morgan fingerprint density at radius 1 is 1.37 bits per heavy atom. The zero-order chi connectivity index (χ0) is 18.8. The summed E-state index contributed by atoms with van der Waals surface area (Å²) in [7, 11) is 0. The lowest BCUT2D eigenvalue weighted by Gasteiger charge is -2.13. The van der Waals surface area contributed by atoms with Gasteiger partial charge in [0, 0.05) is 17.2 Å². The smallest absolute Gasteiger partial charge is 0.257 e. The van der Waals surface area contributed by atoms with Crippen molar-refractivity contribution in [2.75, 3.05) is 18.5 Å². The number of amides is 1. The average Bonchev–Trinajstić information content (AvgIpc) is 3.29. The Morgan fingerprint density at radius 3 is 3.04 bits per heavy atom. The highest BCUT2D eigenvalue weighted by Crippen LogP contribution is 2.30. The van der Waals surface area contributed by atoms with Crippen LogP contribution >= 0.6 is 38.9 Å². The molecule has 0 saturated carbocycles. The van der Waals surface area contributed by atoms with E-state index in [1.54, 1.807) is 24.3 Å². The third-order valence-corrected chi connectivity index (χ3v) is 6.00. The molecule has 5 nitrogen and oxygen atoms in total. The van der Waals surface area contributed by atoms with E-state index in [9.17, 15) is 4.79 Å². The van der Waals surface area contributed by atoms with Crippen molar-refractivity contribution in [1.29, 1.82) is 0 Å². The second-order valence-corrected chi connectivity index (χ2v) is 8.50. The van der Waals surface area contributed by atoms with Crippen LogP contribution in [0.1, 0.15) is 23.2 Å². The summed E-state index contributed by atoms with van der Waals surface area (Å²) in [6.07, 6.45) is 2.24. The molecule has 2 aromatic carbocycles. The number of anilines is 1. The lowest BCUT2D eigenvalue weighted by Crippen LogP contribution is -2.16. The van der Waals surface area contributed by atoms with E-state index in [0.717, 1.165) is 34.1 Å². The van der Waals surface area contributed by atoms with Gasteiger partial charge in [-0.3, -0.25) is 10.1 Å². The number of nitrogens with one attached hydrogen (secondary N) is 1. The number of ether oxygens (including phenoxy) is 2. The molecule has 2 heterocycles. The lowest BCUT2D eigenvalue weighted by atomic mass is 10.2. The van der Waals surface area contributed by atoms with Crippen LogP contribution in [0.3, 0.4) is 0 Å². The number of thiazole rings is 1. The van der Waals surface area contributed by atoms with E-state index in [0.29, 0.717) is 28.1 Å². The standard InChI is InChI=1S/C19H16BrClN2O3S/c20-14-8-11(3-6-16(14)26-10-13-2-1-7-25-13)18(24)23-19-22-15-5-4-12(21)9-17(15)27-19/h3-6,8-9,13H,1-2,7,10H2,(H,22,23,24). The molecule has 0 radical (unpaired) electrons. The van der Waals surface area contributed by atoms with Crippen LogP contribution in [-0.4, -0.2) is 30.2 Å². The zero-order valence-corrected chi connectivity index (χ0v) is 17.4. The van der Waals surface area contributed by atoms with Crippen LogP contribution in [0.25, 0.3) is 10.2 Å². The molecule has 8 heteroatoms. The molecule has 1 saturated heterocycles. The third kappa shape index (κ3) is 4.43. The number of rotatable bonds is 5. The Morgan fingerprint density at radius 2 is 2.26 bits per heavy atom. The van der Waals surface area contributed by atoms with Crippen molar-refractivity contribution >= 4 is 60.1 Å². The number of hydrogen-bond acceptors (Lipinski definition) is 5. The van der Waals surface area contributed by atoms with Crippen LogP contribution in [-0.2, 0) is 4.74 Å². The van der Waals surface area contributed by atoms with E-state index < -0.39 is 0 Å². The molecule has 1 aliphatic heterocycles. The number of halogens is 2.